The molecule has 298 valence electrons. The highest BCUT2D eigenvalue weighted by atomic mass is 16.5. The molecule has 1 unspecified atom stereocenters. The molecular weight excluding hydrogens is 733 g/mol. The van der Waals surface area contributed by atoms with Crippen LogP contribution in [-0.4, -0.2) is 66.2 Å². The summed E-state index contributed by atoms with van der Waals surface area (Å²) >= 11 is 0. The number of nitrogens with two attached hydrogens (primary N) is 1. The minimum absolute atomic E-state index is 0.0843. The smallest absolute Gasteiger partial charge is 0.262 e. The number of unbranched alkanes of at least 4 members (excludes halogenated alkanes) is 3. The second-order valence-electron chi connectivity index (χ2n) is 14.9. The molecular formula is C46H48N6O6. The monoisotopic (exact) mass is 780 g/mol. The summed E-state index contributed by atoms with van der Waals surface area (Å²) in [7, 11) is 0. The molecule has 5 aromatic carbocycles. The van der Waals surface area contributed by atoms with E-state index in [4.69, 9.17) is 10.5 Å². The third kappa shape index (κ3) is 10.4. The van der Waals surface area contributed by atoms with Crippen LogP contribution in [0.2, 0.25) is 0 Å². The molecule has 12 heteroatoms. The number of hydrogen-bond donors (Lipinski definition) is 5. The molecule has 5 amide bonds. The molecule has 0 saturated heterocycles. The lowest BCUT2D eigenvalue weighted by Crippen LogP contribution is -2.42. The normalized spacial score (nSPS) is 13.7. The van der Waals surface area contributed by atoms with Gasteiger partial charge in [-0.25, -0.2) is 0 Å². The first-order chi connectivity index (χ1) is 28.2. The maximum Gasteiger partial charge on any atom is 0.262 e. The van der Waals surface area contributed by atoms with Gasteiger partial charge < -0.3 is 36.6 Å². The Balaban J connectivity index is 0.783. The molecule has 6 N–H and O–H groups in total. The SMILES string of the molecule is NC(Cc1ccc2ccccc2c1)C(=O)NCCCCCCNC(=O)c1ccc(NC(=O)c2ccc(CN(C(=O)c3ccc4c(c3)OCC(=O)N4)C3CC3)cc2)cc1. The van der Waals surface area contributed by atoms with Crippen LogP contribution in [-0.2, 0) is 22.6 Å². The highest BCUT2D eigenvalue weighted by molar-refractivity contribution is 6.04. The van der Waals surface area contributed by atoms with Gasteiger partial charge in [-0.1, -0.05) is 67.4 Å². The predicted molar refractivity (Wildman–Crippen MR) is 224 cm³/mol. The molecule has 7 rings (SSSR count). The lowest BCUT2D eigenvalue weighted by molar-refractivity contribution is -0.122. The van der Waals surface area contributed by atoms with Crippen LogP contribution in [0.25, 0.3) is 10.8 Å². The number of anilines is 2. The highest BCUT2D eigenvalue weighted by Crippen LogP contribution is 2.33. The lowest BCUT2D eigenvalue weighted by atomic mass is 10.0. The first-order valence-corrected chi connectivity index (χ1v) is 19.9. The molecule has 0 bridgehead atoms. The number of amides is 5. The number of benzene rings is 5. The van der Waals surface area contributed by atoms with E-state index in [2.05, 4.69) is 45.5 Å². The number of hydrogen-bond acceptors (Lipinski definition) is 7. The fourth-order valence-electron chi connectivity index (χ4n) is 6.96. The fourth-order valence-corrected chi connectivity index (χ4v) is 6.96. The van der Waals surface area contributed by atoms with E-state index in [1.807, 2.05) is 35.2 Å². The van der Waals surface area contributed by atoms with Crippen molar-refractivity contribution >= 4 is 51.7 Å². The minimum Gasteiger partial charge on any atom is -0.482 e. The molecule has 1 fully saturated rings. The van der Waals surface area contributed by atoms with Crippen LogP contribution in [0.1, 0.15) is 80.7 Å². The molecule has 0 radical (unpaired) electrons. The number of ether oxygens (including phenoxy) is 1. The summed E-state index contributed by atoms with van der Waals surface area (Å²) in [5.41, 5.74) is 10.7. The first kappa shape index (κ1) is 39.7. The van der Waals surface area contributed by atoms with Crippen LogP contribution in [0.4, 0.5) is 11.4 Å². The number of nitrogens with zero attached hydrogens (tertiary/aromatic N) is 1. The second-order valence-corrected chi connectivity index (χ2v) is 14.9. The van der Waals surface area contributed by atoms with E-state index in [1.54, 1.807) is 54.6 Å². The predicted octanol–water partition coefficient (Wildman–Crippen LogP) is 6.20. The van der Waals surface area contributed by atoms with Gasteiger partial charge in [-0.05, 0) is 109 Å². The van der Waals surface area contributed by atoms with Gasteiger partial charge in [-0.15, -0.1) is 0 Å². The number of rotatable bonds is 17. The van der Waals surface area contributed by atoms with E-state index in [9.17, 15) is 24.0 Å². The Labute approximate surface area is 337 Å². The zero-order valence-corrected chi connectivity index (χ0v) is 32.3. The Kier molecular flexibility index (Phi) is 12.7. The maximum atomic E-state index is 13.5. The number of carbonyl (C=O) groups excluding carboxylic acids is 5. The summed E-state index contributed by atoms with van der Waals surface area (Å²) in [6.45, 7) is 1.41. The summed E-state index contributed by atoms with van der Waals surface area (Å²) in [4.78, 5) is 65.2. The van der Waals surface area contributed by atoms with Gasteiger partial charge in [0, 0.05) is 48.1 Å². The molecule has 1 aliphatic carbocycles. The van der Waals surface area contributed by atoms with Crippen molar-refractivity contribution in [3.63, 3.8) is 0 Å². The molecule has 1 heterocycles. The van der Waals surface area contributed by atoms with Crippen molar-refractivity contribution in [2.75, 3.05) is 30.3 Å². The maximum absolute atomic E-state index is 13.5. The van der Waals surface area contributed by atoms with Gasteiger partial charge in [0.2, 0.25) is 5.91 Å². The standard InChI is InChI=1S/C46H48N6O6/c47-39(26-31-11-12-32-7-3-4-8-35(32)25-31)45(56)49-24-6-2-1-5-23-48-43(54)33-15-18-37(19-16-33)50-44(55)34-13-9-30(10-14-34)28-52(38-20-21-38)46(57)36-17-22-40-41(27-36)58-29-42(53)51-40/h3-4,7-19,22,25,27,38-39H,1-2,5-6,20-21,23-24,26,28-29,47H2,(H,48,54)(H,49,56)(H,50,55)(H,51,53). The van der Waals surface area contributed by atoms with Gasteiger partial charge in [0.05, 0.1) is 11.7 Å². The average Bonchev–Trinajstić information content (AvgIpc) is 4.09. The molecule has 0 spiro atoms. The van der Waals surface area contributed by atoms with Crippen molar-refractivity contribution < 1.29 is 28.7 Å². The van der Waals surface area contributed by atoms with Crippen molar-refractivity contribution in [2.24, 2.45) is 5.73 Å². The van der Waals surface area contributed by atoms with Crippen LogP contribution in [0.3, 0.4) is 0 Å². The van der Waals surface area contributed by atoms with Crippen LogP contribution < -0.4 is 31.7 Å². The van der Waals surface area contributed by atoms with E-state index < -0.39 is 6.04 Å². The van der Waals surface area contributed by atoms with Crippen LogP contribution in [0, 0.1) is 0 Å². The number of nitrogens with one attached hydrogen (secondary N) is 4. The summed E-state index contributed by atoms with van der Waals surface area (Å²) < 4.78 is 5.50. The van der Waals surface area contributed by atoms with Gasteiger partial charge >= 0.3 is 0 Å². The fraction of sp³-hybridized carbons (Fsp3) is 0.283. The van der Waals surface area contributed by atoms with Crippen molar-refractivity contribution in [1.29, 1.82) is 0 Å². The Hall–Kier alpha value is -6.53. The largest absolute Gasteiger partial charge is 0.482 e. The van der Waals surface area contributed by atoms with Crippen molar-refractivity contribution in [3.05, 3.63) is 137 Å². The third-order valence-corrected chi connectivity index (χ3v) is 10.4. The molecule has 12 nitrogen and oxygen atoms in total. The summed E-state index contributed by atoms with van der Waals surface area (Å²) in [6, 6.07) is 32.8. The molecule has 1 atom stereocenters. The van der Waals surface area contributed by atoms with Crippen LogP contribution >= 0.6 is 0 Å². The zero-order chi connectivity index (χ0) is 40.4. The Morgan fingerprint density at radius 1 is 0.724 bits per heavy atom. The Morgan fingerprint density at radius 3 is 2.12 bits per heavy atom. The molecule has 5 aromatic rings. The van der Waals surface area contributed by atoms with Gasteiger partial charge in [-0.3, -0.25) is 24.0 Å². The molecule has 2 aliphatic rings. The molecule has 58 heavy (non-hydrogen) atoms. The number of carbonyl (C=O) groups is 5. The molecule has 0 aromatic heterocycles. The van der Waals surface area contributed by atoms with E-state index in [-0.39, 0.29) is 42.2 Å². The van der Waals surface area contributed by atoms with E-state index in [0.717, 1.165) is 60.4 Å². The zero-order valence-electron chi connectivity index (χ0n) is 32.3. The van der Waals surface area contributed by atoms with Gasteiger partial charge in [0.1, 0.15) is 5.75 Å². The Morgan fingerprint density at radius 2 is 1.38 bits per heavy atom. The van der Waals surface area contributed by atoms with Gasteiger partial charge in [0.15, 0.2) is 6.61 Å². The average molecular weight is 781 g/mol. The van der Waals surface area contributed by atoms with E-state index >= 15 is 0 Å². The van der Waals surface area contributed by atoms with Gasteiger partial charge in [0.25, 0.3) is 23.6 Å². The van der Waals surface area contributed by atoms with E-state index in [0.29, 0.717) is 59.9 Å². The summed E-state index contributed by atoms with van der Waals surface area (Å²) in [5, 5.41) is 13.8. The van der Waals surface area contributed by atoms with Gasteiger partial charge in [-0.2, -0.15) is 0 Å². The van der Waals surface area contributed by atoms with Crippen LogP contribution in [0.15, 0.2) is 109 Å². The lowest BCUT2D eigenvalue weighted by Gasteiger charge is -2.24. The van der Waals surface area contributed by atoms with Crippen molar-refractivity contribution in [3.8, 4) is 5.75 Å². The second kappa shape index (κ2) is 18.6. The summed E-state index contributed by atoms with van der Waals surface area (Å²) in [6.07, 6.45) is 5.82. The van der Waals surface area contributed by atoms with Crippen LogP contribution in [0.5, 0.6) is 5.75 Å². The van der Waals surface area contributed by atoms with Crippen molar-refractivity contribution in [2.45, 2.75) is 63.6 Å². The molecule has 1 aliphatic heterocycles. The summed E-state index contributed by atoms with van der Waals surface area (Å²) in [5.74, 6) is -0.496. The topological polar surface area (TPSA) is 172 Å². The highest BCUT2D eigenvalue weighted by Gasteiger charge is 2.33. The molecule has 1 saturated carbocycles. The quantitative estimate of drug-likeness (QED) is 0.0699. The van der Waals surface area contributed by atoms with Crippen molar-refractivity contribution in [1.82, 2.24) is 15.5 Å². The number of fused-ring (bicyclic) bond motifs is 2. The van der Waals surface area contributed by atoms with E-state index in [1.165, 1.54) is 0 Å². The Bertz CT molecular complexity index is 2290. The third-order valence-electron chi connectivity index (χ3n) is 10.4. The first-order valence-electron chi connectivity index (χ1n) is 19.9. The minimum atomic E-state index is -0.604.